The zero-order valence-electron chi connectivity index (χ0n) is 9.81. The van der Waals surface area contributed by atoms with Gasteiger partial charge in [0.2, 0.25) is 0 Å². The number of aromatic nitrogens is 1. The highest BCUT2D eigenvalue weighted by molar-refractivity contribution is 5.74. The molecule has 1 aromatic rings. The van der Waals surface area contributed by atoms with Gasteiger partial charge < -0.3 is 4.98 Å². The van der Waals surface area contributed by atoms with Gasteiger partial charge in [0.15, 0.2) is 6.29 Å². The Kier molecular flexibility index (Phi) is 5.16. The number of carbonyl (C=O) groups excluding carboxylic acids is 1. The molecule has 2 nitrogen and oxygen atoms in total. The minimum absolute atomic E-state index is 0.787. The highest BCUT2D eigenvalue weighted by Gasteiger charge is 2.06. The summed E-state index contributed by atoms with van der Waals surface area (Å²) in [5.41, 5.74) is 3.19. The van der Waals surface area contributed by atoms with Crippen LogP contribution in [-0.4, -0.2) is 11.3 Å². The van der Waals surface area contributed by atoms with Crippen molar-refractivity contribution < 1.29 is 4.79 Å². The fraction of sp³-hybridized carbons (Fsp3) is 0.615. The number of nitrogens with one attached hydrogen (secondary N) is 1. The van der Waals surface area contributed by atoms with Crippen molar-refractivity contribution in [3.63, 3.8) is 0 Å². The summed E-state index contributed by atoms with van der Waals surface area (Å²) in [7, 11) is 0. The minimum Gasteiger partial charge on any atom is -0.356 e. The molecule has 1 N–H and O–H groups in total. The van der Waals surface area contributed by atoms with E-state index >= 15 is 0 Å². The van der Waals surface area contributed by atoms with Gasteiger partial charge in [0, 0.05) is 5.69 Å². The molecule has 0 saturated carbocycles. The molecular weight excluding hydrogens is 186 g/mol. The zero-order chi connectivity index (χ0) is 11.1. The Morgan fingerprint density at radius 3 is 2.47 bits per heavy atom. The summed E-state index contributed by atoms with van der Waals surface area (Å²) in [5, 5.41) is 0. The van der Waals surface area contributed by atoms with Crippen LogP contribution in [0.3, 0.4) is 0 Å². The molecule has 0 bridgehead atoms. The number of hydrogen-bond acceptors (Lipinski definition) is 1. The number of unbranched alkanes of at least 4 members (excludes halogenated alkanes) is 2. The Morgan fingerprint density at radius 1 is 1.20 bits per heavy atom. The molecule has 1 rings (SSSR count). The van der Waals surface area contributed by atoms with Crippen molar-refractivity contribution >= 4 is 6.29 Å². The summed E-state index contributed by atoms with van der Waals surface area (Å²) >= 11 is 0. The molecule has 0 aliphatic carbocycles. The molecule has 0 unspecified atom stereocenters. The van der Waals surface area contributed by atoms with Crippen LogP contribution >= 0.6 is 0 Å². The van der Waals surface area contributed by atoms with Gasteiger partial charge in [-0.15, -0.1) is 0 Å². The monoisotopic (exact) mass is 207 g/mol. The fourth-order valence-electron chi connectivity index (χ4n) is 1.76. The number of H-pyrrole nitrogens is 1. The number of aryl methyl sites for hydroxylation is 2. The van der Waals surface area contributed by atoms with E-state index in [1.165, 1.54) is 30.5 Å². The molecule has 0 aromatic carbocycles. The highest BCUT2D eigenvalue weighted by Crippen LogP contribution is 2.14. The lowest BCUT2D eigenvalue weighted by Gasteiger charge is -1.95. The Balaban J connectivity index is 2.66. The summed E-state index contributed by atoms with van der Waals surface area (Å²) in [5.74, 6) is 0. The lowest BCUT2D eigenvalue weighted by Crippen LogP contribution is -1.89. The van der Waals surface area contributed by atoms with E-state index in [9.17, 15) is 4.79 Å². The number of rotatable bonds is 7. The molecule has 1 aromatic heterocycles. The van der Waals surface area contributed by atoms with Crippen LogP contribution in [0.2, 0.25) is 0 Å². The molecule has 15 heavy (non-hydrogen) atoms. The lowest BCUT2D eigenvalue weighted by atomic mass is 10.1. The lowest BCUT2D eigenvalue weighted by molar-refractivity contribution is 0.111. The molecule has 1 heterocycles. The average molecular weight is 207 g/mol. The van der Waals surface area contributed by atoms with E-state index in [1.54, 1.807) is 0 Å². The summed E-state index contributed by atoms with van der Waals surface area (Å²) in [6.45, 7) is 4.35. The molecule has 0 aliphatic heterocycles. The Labute approximate surface area is 92.1 Å². The second-order valence-electron chi connectivity index (χ2n) is 4.06. The van der Waals surface area contributed by atoms with E-state index in [1.807, 2.05) is 0 Å². The standard InChI is InChI=1S/C13H21NO/c1-3-5-7-11-9-12(8-6-4-2)14-13(11)10-15/h9-10,14H,3-8H2,1-2H3. The van der Waals surface area contributed by atoms with Gasteiger partial charge in [-0.05, 0) is 37.3 Å². The molecule has 0 spiro atoms. The molecular formula is C13H21NO. The van der Waals surface area contributed by atoms with Gasteiger partial charge in [-0.25, -0.2) is 0 Å². The first kappa shape index (κ1) is 12.0. The molecule has 84 valence electrons. The van der Waals surface area contributed by atoms with Gasteiger partial charge in [0.25, 0.3) is 0 Å². The maximum atomic E-state index is 10.8. The first-order chi connectivity index (χ1) is 7.31. The highest BCUT2D eigenvalue weighted by atomic mass is 16.1. The number of carbonyl (C=O) groups is 1. The number of aldehydes is 1. The third kappa shape index (κ3) is 3.54. The Hall–Kier alpha value is -1.05. The van der Waals surface area contributed by atoms with Crippen molar-refractivity contribution in [2.75, 3.05) is 0 Å². The fourth-order valence-corrected chi connectivity index (χ4v) is 1.76. The molecule has 0 amide bonds. The van der Waals surface area contributed by atoms with Crippen LogP contribution in [-0.2, 0) is 12.8 Å². The van der Waals surface area contributed by atoms with Gasteiger partial charge in [-0.1, -0.05) is 26.7 Å². The van der Waals surface area contributed by atoms with E-state index in [4.69, 9.17) is 0 Å². The second-order valence-corrected chi connectivity index (χ2v) is 4.06. The Morgan fingerprint density at radius 2 is 1.87 bits per heavy atom. The van der Waals surface area contributed by atoms with Gasteiger partial charge in [-0.3, -0.25) is 4.79 Å². The normalized spacial score (nSPS) is 10.5. The van der Waals surface area contributed by atoms with Crippen LogP contribution < -0.4 is 0 Å². The predicted octanol–water partition coefficient (Wildman–Crippen LogP) is 3.51. The van der Waals surface area contributed by atoms with E-state index in [0.717, 1.165) is 31.2 Å². The quantitative estimate of drug-likeness (QED) is 0.682. The summed E-state index contributed by atoms with van der Waals surface area (Å²) in [6, 6.07) is 2.16. The van der Waals surface area contributed by atoms with Gasteiger partial charge >= 0.3 is 0 Å². The van der Waals surface area contributed by atoms with Crippen LogP contribution in [0.15, 0.2) is 6.07 Å². The first-order valence-corrected chi connectivity index (χ1v) is 5.97. The maximum absolute atomic E-state index is 10.8. The van der Waals surface area contributed by atoms with Crippen LogP contribution in [0.5, 0.6) is 0 Å². The van der Waals surface area contributed by atoms with Crippen molar-refractivity contribution in [3.8, 4) is 0 Å². The SMILES string of the molecule is CCCCc1cc(CCCC)c(C=O)[nH]1. The van der Waals surface area contributed by atoms with Crippen LogP contribution in [0, 0.1) is 0 Å². The van der Waals surface area contributed by atoms with Gasteiger partial charge in [0.05, 0.1) is 5.69 Å². The van der Waals surface area contributed by atoms with Crippen molar-refractivity contribution in [2.24, 2.45) is 0 Å². The Bertz CT molecular complexity index is 301. The van der Waals surface area contributed by atoms with Crippen molar-refractivity contribution in [3.05, 3.63) is 23.0 Å². The van der Waals surface area contributed by atoms with E-state index in [2.05, 4.69) is 24.9 Å². The van der Waals surface area contributed by atoms with Crippen LogP contribution in [0.25, 0.3) is 0 Å². The number of aromatic amines is 1. The number of hydrogen-bond donors (Lipinski definition) is 1. The van der Waals surface area contributed by atoms with E-state index < -0.39 is 0 Å². The summed E-state index contributed by atoms with van der Waals surface area (Å²) in [4.78, 5) is 14.1. The van der Waals surface area contributed by atoms with Gasteiger partial charge in [-0.2, -0.15) is 0 Å². The summed E-state index contributed by atoms with van der Waals surface area (Å²) in [6.07, 6.45) is 7.74. The van der Waals surface area contributed by atoms with Crippen molar-refractivity contribution in [1.29, 1.82) is 0 Å². The largest absolute Gasteiger partial charge is 0.356 e. The predicted molar refractivity (Wildman–Crippen MR) is 63.4 cm³/mol. The van der Waals surface area contributed by atoms with E-state index in [0.29, 0.717) is 0 Å². The molecule has 0 radical (unpaired) electrons. The third-order valence-electron chi connectivity index (χ3n) is 2.71. The smallest absolute Gasteiger partial charge is 0.166 e. The van der Waals surface area contributed by atoms with Crippen molar-refractivity contribution in [1.82, 2.24) is 4.98 Å². The third-order valence-corrected chi connectivity index (χ3v) is 2.71. The molecule has 0 atom stereocenters. The zero-order valence-corrected chi connectivity index (χ0v) is 9.81. The van der Waals surface area contributed by atoms with Gasteiger partial charge in [0.1, 0.15) is 0 Å². The van der Waals surface area contributed by atoms with E-state index in [-0.39, 0.29) is 0 Å². The first-order valence-electron chi connectivity index (χ1n) is 5.97. The average Bonchev–Trinajstić information content (AvgIpc) is 2.66. The van der Waals surface area contributed by atoms with Crippen LogP contribution in [0.4, 0.5) is 0 Å². The van der Waals surface area contributed by atoms with Crippen molar-refractivity contribution in [2.45, 2.75) is 52.4 Å². The minimum atomic E-state index is 0.787. The molecule has 0 fully saturated rings. The second kappa shape index (κ2) is 6.44. The molecule has 0 aliphatic rings. The van der Waals surface area contributed by atoms with Crippen LogP contribution in [0.1, 0.15) is 61.3 Å². The maximum Gasteiger partial charge on any atom is 0.166 e. The topological polar surface area (TPSA) is 32.9 Å². The summed E-state index contributed by atoms with van der Waals surface area (Å²) < 4.78 is 0. The molecule has 0 saturated heterocycles. The molecule has 2 heteroatoms.